The lowest BCUT2D eigenvalue weighted by molar-refractivity contribution is 0.0922. The maximum atomic E-state index is 11.9. The van der Waals surface area contributed by atoms with Crippen LogP contribution in [0.5, 0.6) is 0 Å². The van der Waals surface area contributed by atoms with Gasteiger partial charge in [-0.05, 0) is 13.0 Å². The minimum Gasteiger partial charge on any atom is -0.380 e. The molecule has 0 aliphatic heterocycles. The number of nitrogens with two attached hydrogens (primary N) is 1. The van der Waals surface area contributed by atoms with E-state index in [0.29, 0.717) is 30.9 Å². The molecule has 0 atom stereocenters. The monoisotopic (exact) mass is 247 g/mol. The first-order valence-corrected chi connectivity index (χ1v) is 5.78. The molecule has 1 rings (SSSR count). The fourth-order valence-corrected chi connectivity index (χ4v) is 1.31. The van der Waals surface area contributed by atoms with Crippen LogP contribution in [0.15, 0.2) is 18.5 Å². The van der Waals surface area contributed by atoms with Crippen molar-refractivity contribution < 1.29 is 9.53 Å². The number of ether oxygens (including phenoxy) is 1. The van der Waals surface area contributed by atoms with Crippen LogP contribution < -0.4 is 11.1 Å². The Kier molecular flexibility index (Phi) is 6.47. The second-order valence-electron chi connectivity index (χ2n) is 3.38. The standard InChI is InChI=1S/C13H17N3O2/c1-2-18-9-8-16-13(17)12-5-7-15-10-11(12)4-3-6-14/h5,7,10H,2,6,8-9,14H2,1H3,(H,16,17). The topological polar surface area (TPSA) is 77.2 Å². The minimum atomic E-state index is -0.182. The van der Waals surface area contributed by atoms with Crippen molar-refractivity contribution in [3.8, 4) is 11.8 Å². The van der Waals surface area contributed by atoms with Gasteiger partial charge in [-0.15, -0.1) is 0 Å². The summed E-state index contributed by atoms with van der Waals surface area (Å²) in [6.07, 6.45) is 3.12. The molecule has 3 N–H and O–H groups in total. The number of carbonyl (C=O) groups excluding carboxylic acids is 1. The van der Waals surface area contributed by atoms with Crippen molar-refractivity contribution >= 4 is 5.91 Å². The SMILES string of the molecule is CCOCCNC(=O)c1ccncc1C#CCN. The van der Waals surface area contributed by atoms with E-state index in [-0.39, 0.29) is 12.5 Å². The number of amides is 1. The van der Waals surface area contributed by atoms with E-state index in [9.17, 15) is 4.79 Å². The summed E-state index contributed by atoms with van der Waals surface area (Å²) >= 11 is 0. The summed E-state index contributed by atoms with van der Waals surface area (Å²) < 4.78 is 5.14. The maximum Gasteiger partial charge on any atom is 0.252 e. The maximum absolute atomic E-state index is 11.9. The number of nitrogens with zero attached hydrogens (tertiary/aromatic N) is 1. The molecule has 0 unspecified atom stereocenters. The average molecular weight is 247 g/mol. The molecule has 0 aromatic carbocycles. The van der Waals surface area contributed by atoms with Gasteiger partial charge in [0.05, 0.1) is 24.3 Å². The lowest BCUT2D eigenvalue weighted by atomic mass is 10.1. The highest BCUT2D eigenvalue weighted by Gasteiger charge is 2.08. The third-order valence-corrected chi connectivity index (χ3v) is 2.13. The lowest BCUT2D eigenvalue weighted by Crippen LogP contribution is -2.28. The number of aromatic nitrogens is 1. The van der Waals surface area contributed by atoms with E-state index < -0.39 is 0 Å². The fraction of sp³-hybridized carbons (Fsp3) is 0.385. The lowest BCUT2D eigenvalue weighted by Gasteiger charge is -2.06. The molecule has 0 saturated carbocycles. The van der Waals surface area contributed by atoms with Crippen molar-refractivity contribution in [1.29, 1.82) is 0 Å². The molecule has 96 valence electrons. The zero-order valence-electron chi connectivity index (χ0n) is 10.4. The van der Waals surface area contributed by atoms with E-state index >= 15 is 0 Å². The van der Waals surface area contributed by atoms with Gasteiger partial charge < -0.3 is 15.8 Å². The van der Waals surface area contributed by atoms with Crippen LogP contribution in [0.2, 0.25) is 0 Å². The van der Waals surface area contributed by atoms with Crippen molar-refractivity contribution in [2.24, 2.45) is 5.73 Å². The van der Waals surface area contributed by atoms with Crippen LogP contribution in [0.25, 0.3) is 0 Å². The predicted molar refractivity (Wildman–Crippen MR) is 69.0 cm³/mol. The molecule has 0 aliphatic carbocycles. The first kappa shape index (κ1) is 14.2. The van der Waals surface area contributed by atoms with Crippen LogP contribution in [-0.4, -0.2) is 37.2 Å². The van der Waals surface area contributed by atoms with Gasteiger partial charge in [0.15, 0.2) is 0 Å². The van der Waals surface area contributed by atoms with Crippen LogP contribution in [0, 0.1) is 11.8 Å². The highest BCUT2D eigenvalue weighted by atomic mass is 16.5. The summed E-state index contributed by atoms with van der Waals surface area (Å²) in [5, 5.41) is 2.76. The van der Waals surface area contributed by atoms with Gasteiger partial charge in [0.25, 0.3) is 5.91 Å². The second-order valence-corrected chi connectivity index (χ2v) is 3.38. The number of hydrogen-bond acceptors (Lipinski definition) is 4. The molecular formula is C13H17N3O2. The Hall–Kier alpha value is -1.90. The van der Waals surface area contributed by atoms with E-state index in [0.717, 1.165) is 0 Å². The van der Waals surface area contributed by atoms with Crippen molar-refractivity contribution in [2.75, 3.05) is 26.3 Å². The zero-order chi connectivity index (χ0) is 13.2. The number of pyridine rings is 1. The second kappa shape index (κ2) is 8.23. The molecule has 0 aliphatic rings. The molecule has 5 heteroatoms. The van der Waals surface area contributed by atoms with Crippen LogP contribution >= 0.6 is 0 Å². The average Bonchev–Trinajstić information content (AvgIpc) is 2.41. The number of hydrogen-bond donors (Lipinski definition) is 2. The molecule has 0 radical (unpaired) electrons. The summed E-state index contributed by atoms with van der Waals surface area (Å²) in [6, 6.07) is 1.64. The summed E-state index contributed by atoms with van der Waals surface area (Å²) in [7, 11) is 0. The van der Waals surface area contributed by atoms with E-state index in [1.807, 2.05) is 6.92 Å². The molecule has 5 nitrogen and oxygen atoms in total. The Morgan fingerprint density at radius 3 is 3.17 bits per heavy atom. The van der Waals surface area contributed by atoms with Gasteiger partial charge in [-0.3, -0.25) is 9.78 Å². The van der Waals surface area contributed by atoms with Crippen molar-refractivity contribution in [2.45, 2.75) is 6.92 Å². The van der Waals surface area contributed by atoms with E-state index in [1.54, 1.807) is 18.5 Å². The third kappa shape index (κ3) is 4.53. The molecular weight excluding hydrogens is 230 g/mol. The van der Waals surface area contributed by atoms with Gasteiger partial charge in [0.1, 0.15) is 0 Å². The number of rotatable bonds is 5. The zero-order valence-corrected chi connectivity index (χ0v) is 10.4. The van der Waals surface area contributed by atoms with Crippen LogP contribution in [-0.2, 0) is 4.74 Å². The summed E-state index contributed by atoms with van der Waals surface area (Å²) in [6.45, 7) is 3.76. The molecule has 18 heavy (non-hydrogen) atoms. The Bertz CT molecular complexity index is 449. The van der Waals surface area contributed by atoms with Crippen LogP contribution in [0.4, 0.5) is 0 Å². The highest BCUT2D eigenvalue weighted by Crippen LogP contribution is 2.04. The van der Waals surface area contributed by atoms with Gasteiger partial charge in [-0.1, -0.05) is 11.8 Å². The smallest absolute Gasteiger partial charge is 0.252 e. The van der Waals surface area contributed by atoms with E-state index in [2.05, 4.69) is 22.1 Å². The molecule has 1 amide bonds. The van der Waals surface area contributed by atoms with Gasteiger partial charge in [-0.2, -0.15) is 0 Å². The summed E-state index contributed by atoms with van der Waals surface area (Å²) in [4.78, 5) is 15.8. The molecule has 0 saturated heterocycles. The van der Waals surface area contributed by atoms with E-state index in [1.165, 1.54) is 0 Å². The van der Waals surface area contributed by atoms with Crippen molar-refractivity contribution in [3.05, 3.63) is 29.6 Å². The van der Waals surface area contributed by atoms with Crippen LogP contribution in [0.3, 0.4) is 0 Å². The summed E-state index contributed by atoms with van der Waals surface area (Å²) in [5.74, 6) is 5.35. The molecule has 0 fully saturated rings. The number of nitrogens with one attached hydrogen (secondary N) is 1. The van der Waals surface area contributed by atoms with Crippen molar-refractivity contribution in [1.82, 2.24) is 10.3 Å². The molecule has 1 aromatic heterocycles. The normalized spacial score (nSPS) is 9.44. The largest absolute Gasteiger partial charge is 0.380 e. The minimum absolute atomic E-state index is 0.182. The molecule has 1 aromatic rings. The molecule has 0 spiro atoms. The van der Waals surface area contributed by atoms with E-state index in [4.69, 9.17) is 10.5 Å². The summed E-state index contributed by atoms with van der Waals surface area (Å²) in [5.41, 5.74) is 6.39. The first-order valence-electron chi connectivity index (χ1n) is 5.78. The van der Waals surface area contributed by atoms with Gasteiger partial charge in [-0.25, -0.2) is 0 Å². The van der Waals surface area contributed by atoms with Gasteiger partial charge >= 0.3 is 0 Å². The Balaban J connectivity index is 2.67. The highest BCUT2D eigenvalue weighted by molar-refractivity contribution is 5.96. The first-order chi connectivity index (χ1) is 8.79. The number of carbonyl (C=O) groups is 1. The molecule has 1 heterocycles. The van der Waals surface area contributed by atoms with Gasteiger partial charge in [0, 0.05) is 25.5 Å². The Morgan fingerprint density at radius 1 is 1.61 bits per heavy atom. The molecule has 0 bridgehead atoms. The van der Waals surface area contributed by atoms with Crippen LogP contribution in [0.1, 0.15) is 22.8 Å². The Morgan fingerprint density at radius 2 is 2.44 bits per heavy atom. The third-order valence-electron chi connectivity index (χ3n) is 2.13. The van der Waals surface area contributed by atoms with Gasteiger partial charge in [0.2, 0.25) is 0 Å². The Labute approximate surface area is 107 Å². The fourth-order valence-electron chi connectivity index (χ4n) is 1.31. The van der Waals surface area contributed by atoms with Crippen molar-refractivity contribution in [3.63, 3.8) is 0 Å². The quantitative estimate of drug-likeness (QED) is 0.574. The predicted octanol–water partition coefficient (Wildman–Crippen LogP) is 0.158.